The number of pyridine rings is 1. The number of ether oxygens (including phenoxy) is 1. The summed E-state index contributed by atoms with van der Waals surface area (Å²) in [6.07, 6.45) is 0. The van der Waals surface area contributed by atoms with Gasteiger partial charge in [-0.15, -0.1) is 0 Å². The Morgan fingerprint density at radius 2 is 0.925 bits per heavy atom. The minimum Gasteiger partial charge on any atom is -0.453 e. The van der Waals surface area contributed by atoms with Crippen molar-refractivity contribution in [3.05, 3.63) is 168 Å². The second-order valence-corrected chi connectivity index (χ2v) is 13.0. The molecule has 0 spiro atoms. The summed E-state index contributed by atoms with van der Waals surface area (Å²) in [5.74, 6) is 2.62. The summed E-state index contributed by atoms with van der Waals surface area (Å²) in [6.45, 7) is 0. The van der Waals surface area contributed by atoms with Crippen molar-refractivity contribution in [1.82, 2.24) is 14.5 Å². The van der Waals surface area contributed by atoms with Crippen LogP contribution in [0.15, 0.2) is 171 Å². The second kappa shape index (κ2) is 11.3. The summed E-state index contributed by atoms with van der Waals surface area (Å²) in [5, 5.41) is 1.36. The van der Waals surface area contributed by atoms with Crippen LogP contribution in [-0.2, 0) is 0 Å². The van der Waals surface area contributed by atoms with Crippen molar-refractivity contribution < 1.29 is 13.6 Å². The van der Waals surface area contributed by atoms with Crippen LogP contribution >= 0.6 is 0 Å². The Morgan fingerprint density at radius 1 is 0.472 bits per heavy atom. The van der Waals surface area contributed by atoms with Gasteiger partial charge in [0.05, 0.1) is 22.4 Å². The van der Waals surface area contributed by atoms with Gasteiger partial charge in [0.15, 0.2) is 28.1 Å². The van der Waals surface area contributed by atoms with Gasteiger partial charge in [-0.3, -0.25) is 4.79 Å². The van der Waals surface area contributed by atoms with Crippen LogP contribution < -0.4 is 15.1 Å². The quantitative estimate of drug-likeness (QED) is 0.170. The van der Waals surface area contributed by atoms with Gasteiger partial charge in [0, 0.05) is 45.4 Å². The molecule has 0 aliphatic carbocycles. The monoisotopic (exact) mass is 686 g/mol. The third-order valence-corrected chi connectivity index (χ3v) is 9.85. The number of fused-ring (bicyclic) bond motifs is 6. The standard InChI is InChI=1S/C45H26N4O4/c50-43-31-9-1-3-11-35(31)48(36-12-4-2-10-32(36)43)29-21-17-27(18-22-29)44-46-33-25-42-34(26-41(33)52-44)47-45(53-42)28-19-23-30(24-20-28)49-37-13-5-7-15-39(37)51-40-16-8-6-14-38(40)49/h1-26H. The highest BCUT2D eigenvalue weighted by molar-refractivity contribution is 5.96. The summed E-state index contributed by atoms with van der Waals surface area (Å²) < 4.78 is 20.8. The van der Waals surface area contributed by atoms with Crippen molar-refractivity contribution in [2.75, 3.05) is 4.90 Å². The number of benzene rings is 7. The van der Waals surface area contributed by atoms with E-state index in [4.69, 9.17) is 23.5 Å². The fraction of sp³-hybridized carbons (Fsp3) is 0. The zero-order chi connectivity index (χ0) is 35.0. The molecule has 1 aliphatic heterocycles. The number of hydrogen-bond acceptors (Lipinski definition) is 7. The molecule has 4 heterocycles. The summed E-state index contributed by atoms with van der Waals surface area (Å²) in [7, 11) is 0. The van der Waals surface area contributed by atoms with Crippen LogP contribution in [0.25, 0.3) is 72.6 Å². The Kier molecular flexibility index (Phi) is 6.23. The fourth-order valence-corrected chi connectivity index (χ4v) is 7.36. The first-order valence-corrected chi connectivity index (χ1v) is 17.3. The van der Waals surface area contributed by atoms with Gasteiger partial charge in [0.1, 0.15) is 11.0 Å². The van der Waals surface area contributed by atoms with E-state index in [9.17, 15) is 4.79 Å². The van der Waals surface area contributed by atoms with Crippen LogP contribution in [0, 0.1) is 0 Å². The number of hydrogen-bond donors (Lipinski definition) is 0. The largest absolute Gasteiger partial charge is 0.453 e. The van der Waals surface area contributed by atoms with Crippen LogP contribution in [0.4, 0.5) is 17.1 Å². The van der Waals surface area contributed by atoms with Gasteiger partial charge in [-0.1, -0.05) is 48.5 Å². The maximum absolute atomic E-state index is 13.2. The molecule has 3 aromatic heterocycles. The topological polar surface area (TPSA) is 86.5 Å². The number of oxazole rings is 2. The summed E-state index contributed by atoms with van der Waals surface area (Å²) in [4.78, 5) is 25.1. The van der Waals surface area contributed by atoms with Crippen LogP contribution in [-0.4, -0.2) is 14.5 Å². The van der Waals surface area contributed by atoms with Gasteiger partial charge in [-0.05, 0) is 97.1 Å². The maximum Gasteiger partial charge on any atom is 0.227 e. The molecule has 8 heteroatoms. The third kappa shape index (κ3) is 4.59. The lowest BCUT2D eigenvalue weighted by atomic mass is 10.1. The van der Waals surface area contributed by atoms with E-state index in [0.29, 0.717) is 44.8 Å². The molecule has 0 bridgehead atoms. The molecule has 8 nitrogen and oxygen atoms in total. The Morgan fingerprint density at radius 3 is 1.45 bits per heavy atom. The number of anilines is 3. The lowest BCUT2D eigenvalue weighted by molar-refractivity contribution is 0.477. The molecular formula is C45H26N4O4. The van der Waals surface area contributed by atoms with Crippen molar-refractivity contribution in [2.45, 2.75) is 0 Å². The second-order valence-electron chi connectivity index (χ2n) is 13.0. The summed E-state index contributed by atoms with van der Waals surface area (Å²) >= 11 is 0. The van der Waals surface area contributed by atoms with Crippen molar-refractivity contribution in [3.8, 4) is 40.1 Å². The van der Waals surface area contributed by atoms with Crippen molar-refractivity contribution >= 4 is 61.1 Å². The van der Waals surface area contributed by atoms with Crippen LogP contribution in [0.1, 0.15) is 0 Å². The zero-order valence-corrected chi connectivity index (χ0v) is 27.9. The zero-order valence-electron chi connectivity index (χ0n) is 27.9. The lowest BCUT2D eigenvalue weighted by Crippen LogP contribution is -2.15. The Labute approximate surface area is 301 Å². The SMILES string of the molecule is O=c1c2ccccc2n(-c2ccc(-c3nc4cc5oc(-c6ccc(N7c8ccccc8Oc8ccccc87)cc6)nc5cc4o3)cc2)c2ccccc12. The van der Waals surface area contributed by atoms with Crippen LogP contribution in [0.5, 0.6) is 11.5 Å². The van der Waals surface area contributed by atoms with E-state index in [1.165, 1.54) is 0 Å². The van der Waals surface area contributed by atoms with Crippen LogP contribution in [0.3, 0.4) is 0 Å². The minimum atomic E-state index is 0.0301. The van der Waals surface area contributed by atoms with E-state index in [1.807, 2.05) is 133 Å². The van der Waals surface area contributed by atoms with E-state index in [-0.39, 0.29) is 5.43 Å². The van der Waals surface area contributed by atoms with E-state index < -0.39 is 0 Å². The first-order valence-electron chi connectivity index (χ1n) is 17.3. The Hall–Kier alpha value is -7.45. The number of nitrogens with zero attached hydrogens (tertiary/aromatic N) is 4. The molecule has 0 atom stereocenters. The molecule has 0 saturated carbocycles. The van der Waals surface area contributed by atoms with Crippen molar-refractivity contribution in [1.29, 1.82) is 0 Å². The highest BCUT2D eigenvalue weighted by Gasteiger charge is 2.25. The third-order valence-electron chi connectivity index (χ3n) is 9.85. The first kappa shape index (κ1) is 29.3. The van der Waals surface area contributed by atoms with Gasteiger partial charge < -0.3 is 23.0 Å². The highest BCUT2D eigenvalue weighted by Crippen LogP contribution is 2.50. The minimum absolute atomic E-state index is 0.0301. The van der Waals surface area contributed by atoms with Crippen LogP contribution in [0.2, 0.25) is 0 Å². The number of aromatic nitrogens is 3. The molecule has 0 N–H and O–H groups in total. The molecule has 0 unspecified atom stereocenters. The summed E-state index contributed by atoms with van der Waals surface area (Å²) in [6, 6.07) is 51.4. The molecule has 0 fully saturated rings. The lowest BCUT2D eigenvalue weighted by Gasteiger charge is -2.32. The molecule has 1 aliphatic rings. The predicted octanol–water partition coefficient (Wildman–Crippen LogP) is 11.3. The van der Waals surface area contributed by atoms with Gasteiger partial charge in [0.25, 0.3) is 0 Å². The molecule has 0 saturated heterocycles. The van der Waals surface area contributed by atoms with Gasteiger partial charge in [-0.2, -0.15) is 0 Å². The van der Waals surface area contributed by atoms with Gasteiger partial charge in [0.2, 0.25) is 11.8 Å². The molecular weight excluding hydrogens is 661 g/mol. The van der Waals surface area contributed by atoms with E-state index in [0.717, 1.165) is 56.4 Å². The van der Waals surface area contributed by atoms with E-state index >= 15 is 0 Å². The molecule has 250 valence electrons. The average Bonchev–Trinajstić information content (AvgIpc) is 3.83. The normalized spacial score (nSPS) is 12.3. The van der Waals surface area contributed by atoms with Crippen molar-refractivity contribution in [2.24, 2.45) is 0 Å². The Balaban J connectivity index is 0.907. The van der Waals surface area contributed by atoms with Gasteiger partial charge in [-0.25, -0.2) is 9.97 Å². The molecule has 0 amide bonds. The Bertz CT molecular complexity index is 2970. The number of rotatable bonds is 4. The van der Waals surface area contributed by atoms with Crippen molar-refractivity contribution in [3.63, 3.8) is 0 Å². The maximum atomic E-state index is 13.2. The first-order chi connectivity index (χ1) is 26.2. The predicted molar refractivity (Wildman–Crippen MR) is 208 cm³/mol. The smallest absolute Gasteiger partial charge is 0.227 e. The van der Waals surface area contributed by atoms with E-state index in [2.05, 4.69) is 33.7 Å². The molecule has 0 radical (unpaired) electrons. The molecule has 7 aromatic carbocycles. The highest BCUT2D eigenvalue weighted by atomic mass is 16.5. The molecule has 10 aromatic rings. The molecule has 53 heavy (non-hydrogen) atoms. The van der Waals surface area contributed by atoms with E-state index in [1.54, 1.807) is 0 Å². The fourth-order valence-electron chi connectivity index (χ4n) is 7.36. The molecule has 11 rings (SSSR count). The summed E-state index contributed by atoms with van der Waals surface area (Å²) in [5.41, 5.74) is 9.90. The number of para-hydroxylation sites is 6. The van der Waals surface area contributed by atoms with Gasteiger partial charge >= 0.3 is 0 Å². The average molecular weight is 687 g/mol.